The minimum absolute atomic E-state index is 0.127. The van der Waals surface area contributed by atoms with Crippen LogP contribution in [0, 0.1) is 6.92 Å². The Balaban J connectivity index is 1.58. The van der Waals surface area contributed by atoms with Crippen molar-refractivity contribution >= 4 is 33.8 Å². The number of aliphatic imine (C=N–C) groups is 1. The molecule has 0 bridgehead atoms. The summed E-state index contributed by atoms with van der Waals surface area (Å²) in [6.07, 6.45) is 3.79. The number of ether oxygens (including phenoxy) is 3. The molecule has 0 N–H and O–H groups in total. The molecular formula is C24H23BrN4O5. The second-order valence-electron chi connectivity index (χ2n) is 7.60. The van der Waals surface area contributed by atoms with Crippen LogP contribution in [0.5, 0.6) is 0 Å². The average molecular weight is 527 g/mol. The van der Waals surface area contributed by atoms with E-state index in [4.69, 9.17) is 14.5 Å². The summed E-state index contributed by atoms with van der Waals surface area (Å²) in [6.45, 7) is 2.89. The predicted molar refractivity (Wildman–Crippen MR) is 127 cm³/mol. The smallest absolute Gasteiger partial charge is 0.434 e. The van der Waals surface area contributed by atoms with Crippen LogP contribution in [0.15, 0.2) is 58.3 Å². The van der Waals surface area contributed by atoms with Crippen LogP contribution in [0.1, 0.15) is 48.6 Å². The Hall–Kier alpha value is -3.53. The molecule has 0 radical (unpaired) electrons. The van der Waals surface area contributed by atoms with E-state index in [9.17, 15) is 9.59 Å². The molecule has 0 saturated carbocycles. The number of nitrogens with zero attached hydrogens (tertiary/aromatic N) is 4. The predicted octanol–water partition coefficient (Wildman–Crippen LogP) is 4.68. The highest BCUT2D eigenvalue weighted by Crippen LogP contribution is 2.34. The van der Waals surface area contributed by atoms with Gasteiger partial charge in [-0.3, -0.25) is 19.3 Å². The number of fused-ring (bicyclic) bond motifs is 3. The van der Waals surface area contributed by atoms with E-state index in [1.54, 1.807) is 6.20 Å². The van der Waals surface area contributed by atoms with Crippen molar-refractivity contribution in [2.24, 2.45) is 4.99 Å². The lowest BCUT2D eigenvalue weighted by Crippen LogP contribution is -2.13. The van der Waals surface area contributed by atoms with Crippen LogP contribution in [-0.2, 0) is 19.0 Å². The lowest BCUT2D eigenvalue weighted by atomic mass is 10.0. The third-order valence-corrected chi connectivity index (χ3v) is 5.68. The Morgan fingerprint density at radius 3 is 2.74 bits per heavy atom. The summed E-state index contributed by atoms with van der Waals surface area (Å²) in [4.78, 5) is 36.7. The van der Waals surface area contributed by atoms with Gasteiger partial charge in [-0.1, -0.05) is 22.0 Å². The van der Waals surface area contributed by atoms with Crippen molar-refractivity contribution in [3.63, 3.8) is 0 Å². The molecule has 3 aromatic rings. The first-order valence-corrected chi connectivity index (χ1v) is 11.5. The van der Waals surface area contributed by atoms with Crippen LogP contribution < -0.4 is 0 Å². The molecule has 1 atom stereocenters. The zero-order valence-electron chi connectivity index (χ0n) is 18.7. The molecule has 3 heterocycles. The molecule has 0 unspecified atom stereocenters. The second kappa shape index (κ2) is 10.6. The van der Waals surface area contributed by atoms with Gasteiger partial charge in [0.15, 0.2) is 0 Å². The number of pyridine rings is 1. The fourth-order valence-corrected chi connectivity index (χ4v) is 4.08. The maximum Gasteiger partial charge on any atom is 0.511 e. The van der Waals surface area contributed by atoms with Crippen molar-refractivity contribution in [3.05, 3.63) is 76.0 Å². The molecule has 2 aromatic heterocycles. The van der Waals surface area contributed by atoms with Crippen LogP contribution in [0.25, 0.3) is 5.69 Å². The Morgan fingerprint density at radius 1 is 1.12 bits per heavy atom. The Morgan fingerprint density at radius 2 is 1.97 bits per heavy atom. The van der Waals surface area contributed by atoms with Crippen molar-refractivity contribution in [3.8, 4) is 5.69 Å². The van der Waals surface area contributed by atoms with Gasteiger partial charge in [-0.2, -0.15) is 0 Å². The van der Waals surface area contributed by atoms with Crippen molar-refractivity contribution in [1.29, 1.82) is 0 Å². The van der Waals surface area contributed by atoms with Gasteiger partial charge < -0.3 is 14.2 Å². The van der Waals surface area contributed by atoms with Gasteiger partial charge in [-0.25, -0.2) is 9.78 Å². The van der Waals surface area contributed by atoms with E-state index in [1.165, 1.54) is 6.92 Å². The van der Waals surface area contributed by atoms with Crippen molar-refractivity contribution < 1.29 is 23.8 Å². The molecule has 0 spiro atoms. The number of aromatic nitrogens is 3. The number of carbonyl (C=O) groups excluding carboxylic acids is 2. The van der Waals surface area contributed by atoms with E-state index in [1.807, 2.05) is 49.5 Å². The molecule has 0 aliphatic carbocycles. The minimum atomic E-state index is -0.894. The van der Waals surface area contributed by atoms with Gasteiger partial charge in [0, 0.05) is 35.0 Å². The fraction of sp³-hybridized carbons (Fsp3) is 0.292. The van der Waals surface area contributed by atoms with Crippen LogP contribution in [0.4, 0.5) is 4.79 Å². The molecule has 1 aromatic carbocycles. The molecule has 0 amide bonds. The van der Waals surface area contributed by atoms with Crippen molar-refractivity contribution in [1.82, 2.24) is 14.5 Å². The van der Waals surface area contributed by atoms with Crippen LogP contribution in [0.3, 0.4) is 0 Å². The maximum atomic E-state index is 11.7. The van der Waals surface area contributed by atoms with Gasteiger partial charge in [0.1, 0.15) is 11.9 Å². The van der Waals surface area contributed by atoms with Crippen LogP contribution in [-0.4, -0.2) is 45.8 Å². The summed E-state index contributed by atoms with van der Waals surface area (Å²) in [6, 6.07) is 11.5. The normalized spacial score (nSPS) is 14.3. The van der Waals surface area contributed by atoms with E-state index < -0.39 is 18.9 Å². The second-order valence-corrected chi connectivity index (χ2v) is 8.52. The Kier molecular flexibility index (Phi) is 7.36. The van der Waals surface area contributed by atoms with Crippen molar-refractivity contribution in [2.45, 2.75) is 32.7 Å². The molecule has 0 fully saturated rings. The van der Waals surface area contributed by atoms with E-state index in [2.05, 4.69) is 35.2 Å². The zero-order chi connectivity index (χ0) is 24.1. The number of benzene rings is 1. The summed E-state index contributed by atoms with van der Waals surface area (Å²) in [5, 5.41) is 0. The van der Waals surface area contributed by atoms with E-state index in [-0.39, 0.29) is 12.6 Å². The topological polar surface area (TPSA) is 105 Å². The molecule has 0 saturated heterocycles. The van der Waals surface area contributed by atoms with Gasteiger partial charge in [-0.05, 0) is 50.1 Å². The lowest BCUT2D eigenvalue weighted by molar-refractivity contribution is -0.150. The van der Waals surface area contributed by atoms with Gasteiger partial charge in [0.2, 0.25) is 6.79 Å². The number of hydrogen-bond acceptors (Lipinski definition) is 8. The summed E-state index contributed by atoms with van der Waals surface area (Å²) in [5.74, 6) is 0.269. The first kappa shape index (κ1) is 23.6. The number of rotatable bonds is 7. The number of carbonyl (C=O) groups is 2. The average Bonchev–Trinajstić information content (AvgIpc) is 3.13. The van der Waals surface area contributed by atoms with E-state index >= 15 is 0 Å². The number of halogens is 1. The molecule has 176 valence electrons. The number of imidazole rings is 1. The maximum absolute atomic E-state index is 11.7. The fourth-order valence-electron chi connectivity index (χ4n) is 3.72. The minimum Gasteiger partial charge on any atom is -0.434 e. The molecule has 10 heteroatoms. The quantitative estimate of drug-likeness (QED) is 0.250. The first-order chi connectivity index (χ1) is 16.4. The molecule has 34 heavy (non-hydrogen) atoms. The lowest BCUT2D eigenvalue weighted by Gasteiger charge is -2.14. The van der Waals surface area contributed by atoms with Gasteiger partial charge in [-0.15, -0.1) is 0 Å². The molecule has 1 aliphatic heterocycles. The van der Waals surface area contributed by atoms with Gasteiger partial charge >= 0.3 is 12.1 Å². The molecule has 1 aliphatic rings. The SMILES string of the molecule is CC(=O)OCOC(=O)OCCC[C@@H]1N=C(c2ccccn2)c2cc(Br)ccc2-n2c(C)cnc21. The monoisotopic (exact) mass is 526 g/mol. The van der Waals surface area contributed by atoms with E-state index in [0.29, 0.717) is 12.8 Å². The summed E-state index contributed by atoms with van der Waals surface area (Å²) in [5.41, 5.74) is 4.45. The summed E-state index contributed by atoms with van der Waals surface area (Å²) < 4.78 is 17.4. The van der Waals surface area contributed by atoms with Crippen molar-refractivity contribution in [2.75, 3.05) is 13.4 Å². The highest BCUT2D eigenvalue weighted by Gasteiger charge is 2.27. The molecular weight excluding hydrogens is 504 g/mol. The van der Waals surface area contributed by atoms with Gasteiger partial charge in [0.05, 0.1) is 23.7 Å². The summed E-state index contributed by atoms with van der Waals surface area (Å²) in [7, 11) is 0. The third kappa shape index (κ3) is 5.33. The van der Waals surface area contributed by atoms with Crippen LogP contribution >= 0.6 is 15.9 Å². The number of esters is 1. The number of hydrogen-bond donors (Lipinski definition) is 0. The van der Waals surface area contributed by atoms with Gasteiger partial charge in [0.25, 0.3) is 0 Å². The third-order valence-electron chi connectivity index (χ3n) is 5.19. The Labute approximate surface area is 204 Å². The number of aryl methyl sites for hydroxylation is 1. The standard InChI is InChI=1S/C24H23BrN4O5/c1-15-13-27-23-20(7-5-11-32-24(31)34-14-33-16(2)30)28-22(19-6-3-4-10-26-19)18-12-17(25)8-9-21(18)29(15)23/h3-4,6,8-10,12-13,20H,5,7,11,14H2,1-2H3/t20-/m0/s1. The Bertz CT molecular complexity index is 1230. The van der Waals surface area contributed by atoms with E-state index in [0.717, 1.165) is 38.6 Å². The largest absolute Gasteiger partial charge is 0.511 e. The first-order valence-electron chi connectivity index (χ1n) is 10.7. The molecule has 9 nitrogen and oxygen atoms in total. The highest BCUT2D eigenvalue weighted by atomic mass is 79.9. The summed E-state index contributed by atoms with van der Waals surface area (Å²) >= 11 is 3.58. The highest BCUT2D eigenvalue weighted by molar-refractivity contribution is 9.10. The molecule has 4 rings (SSSR count). The zero-order valence-corrected chi connectivity index (χ0v) is 20.3. The van der Waals surface area contributed by atoms with Crippen LogP contribution in [0.2, 0.25) is 0 Å².